The Hall–Kier alpha value is -2.30. The van der Waals surface area contributed by atoms with Crippen LogP contribution in [-0.4, -0.2) is 12.4 Å². The van der Waals surface area contributed by atoms with Crippen molar-refractivity contribution >= 4 is 0 Å². The summed E-state index contributed by atoms with van der Waals surface area (Å²) in [6.45, 7) is 2.81. The Kier molecular flexibility index (Phi) is 8.35. The van der Waals surface area contributed by atoms with Crippen molar-refractivity contribution in [3.63, 3.8) is 0 Å². The monoisotopic (exact) mass is 412 g/mol. The van der Waals surface area contributed by atoms with Gasteiger partial charge in [0.2, 0.25) is 5.79 Å². The Bertz CT molecular complexity index is 847. The topological polar surface area (TPSA) is 18.5 Å². The standard InChI is InChI=1S/C26H30F2O2/c1-2-3-4-5-9-17-29-26(30-20-21-11-7-6-8-12-21)16-15-23(19-25(26)28)22-13-10-14-24(27)18-22/h6-8,10-16,18-19,23H,2-5,9,17,20H2,1H3. The van der Waals surface area contributed by atoms with Gasteiger partial charge in [0.25, 0.3) is 0 Å². The Balaban J connectivity index is 1.71. The largest absolute Gasteiger partial charge is 0.341 e. The third-order valence-electron chi connectivity index (χ3n) is 5.28. The van der Waals surface area contributed by atoms with E-state index in [1.54, 1.807) is 18.2 Å². The minimum absolute atomic E-state index is 0.229. The third-order valence-corrected chi connectivity index (χ3v) is 5.28. The number of unbranched alkanes of at least 4 members (excludes halogenated alkanes) is 4. The molecule has 2 nitrogen and oxygen atoms in total. The van der Waals surface area contributed by atoms with Gasteiger partial charge in [0.1, 0.15) is 5.82 Å². The van der Waals surface area contributed by atoms with E-state index < -0.39 is 11.6 Å². The molecule has 0 spiro atoms. The molecule has 1 aliphatic carbocycles. The molecule has 0 heterocycles. The lowest BCUT2D eigenvalue weighted by molar-refractivity contribution is -0.198. The van der Waals surface area contributed by atoms with Gasteiger partial charge in [-0.3, -0.25) is 0 Å². The summed E-state index contributed by atoms with van der Waals surface area (Å²) in [5.74, 6) is -2.73. The molecule has 1 aliphatic rings. The highest BCUT2D eigenvalue weighted by atomic mass is 19.1. The molecule has 0 radical (unpaired) electrons. The predicted molar refractivity (Wildman–Crippen MR) is 116 cm³/mol. The summed E-state index contributed by atoms with van der Waals surface area (Å²) in [4.78, 5) is 0. The normalized spacial score (nSPS) is 20.9. The van der Waals surface area contributed by atoms with Gasteiger partial charge in [-0.1, -0.05) is 81.1 Å². The Morgan fingerprint density at radius 1 is 0.900 bits per heavy atom. The predicted octanol–water partition coefficient (Wildman–Crippen LogP) is 7.23. The van der Waals surface area contributed by atoms with Crippen molar-refractivity contribution in [1.29, 1.82) is 0 Å². The highest BCUT2D eigenvalue weighted by molar-refractivity contribution is 5.36. The highest BCUT2D eigenvalue weighted by Crippen LogP contribution is 2.37. The van der Waals surface area contributed by atoms with E-state index in [-0.39, 0.29) is 18.3 Å². The third kappa shape index (κ3) is 6.10. The van der Waals surface area contributed by atoms with Crippen molar-refractivity contribution in [2.75, 3.05) is 6.61 Å². The van der Waals surface area contributed by atoms with Crippen LogP contribution in [0.4, 0.5) is 8.78 Å². The smallest absolute Gasteiger partial charge is 0.242 e. The van der Waals surface area contributed by atoms with Crippen LogP contribution < -0.4 is 0 Å². The van der Waals surface area contributed by atoms with E-state index in [9.17, 15) is 4.39 Å². The molecule has 0 fully saturated rings. The van der Waals surface area contributed by atoms with Gasteiger partial charge in [0, 0.05) is 5.92 Å². The molecular weight excluding hydrogens is 382 g/mol. The van der Waals surface area contributed by atoms with Crippen LogP contribution in [-0.2, 0) is 16.1 Å². The molecule has 2 aromatic carbocycles. The SMILES string of the molecule is CCCCCCCOC1(OCc2ccccc2)C=CC(c2cccc(F)c2)C=C1F. The van der Waals surface area contributed by atoms with Crippen LogP contribution in [0, 0.1) is 5.82 Å². The second-order valence-electron chi connectivity index (χ2n) is 7.66. The van der Waals surface area contributed by atoms with Gasteiger partial charge < -0.3 is 9.47 Å². The summed E-state index contributed by atoms with van der Waals surface area (Å²) in [6.07, 6.45) is 10.3. The zero-order valence-corrected chi connectivity index (χ0v) is 17.5. The summed E-state index contributed by atoms with van der Waals surface area (Å²) in [6, 6.07) is 15.8. The van der Waals surface area contributed by atoms with Crippen molar-refractivity contribution in [1.82, 2.24) is 0 Å². The van der Waals surface area contributed by atoms with Gasteiger partial charge in [-0.15, -0.1) is 0 Å². The minimum Gasteiger partial charge on any atom is -0.341 e. The molecule has 160 valence electrons. The Morgan fingerprint density at radius 3 is 2.43 bits per heavy atom. The first-order chi connectivity index (χ1) is 14.6. The van der Waals surface area contributed by atoms with Crippen molar-refractivity contribution in [3.8, 4) is 0 Å². The fraction of sp³-hybridized carbons (Fsp3) is 0.385. The molecule has 0 aliphatic heterocycles. The van der Waals surface area contributed by atoms with Crippen molar-refractivity contribution in [3.05, 3.63) is 95.6 Å². The van der Waals surface area contributed by atoms with Gasteiger partial charge in [0.15, 0.2) is 5.83 Å². The molecule has 0 N–H and O–H groups in total. The molecule has 0 amide bonds. The minimum atomic E-state index is -1.54. The van der Waals surface area contributed by atoms with Gasteiger partial charge >= 0.3 is 0 Å². The van der Waals surface area contributed by atoms with Crippen LogP contribution in [0.15, 0.2) is 78.7 Å². The van der Waals surface area contributed by atoms with E-state index >= 15 is 4.39 Å². The first-order valence-corrected chi connectivity index (χ1v) is 10.8. The van der Waals surface area contributed by atoms with Crippen LogP contribution in [0.2, 0.25) is 0 Å². The van der Waals surface area contributed by atoms with E-state index in [1.807, 2.05) is 36.4 Å². The number of ether oxygens (including phenoxy) is 2. The lowest BCUT2D eigenvalue weighted by Crippen LogP contribution is -2.37. The van der Waals surface area contributed by atoms with Gasteiger partial charge in [-0.05, 0) is 41.8 Å². The molecule has 0 aromatic heterocycles. The Labute approximate surface area is 178 Å². The van der Waals surface area contributed by atoms with E-state index in [0.29, 0.717) is 12.2 Å². The van der Waals surface area contributed by atoms with E-state index in [2.05, 4.69) is 6.92 Å². The summed E-state index contributed by atoms with van der Waals surface area (Å²) >= 11 is 0. The first kappa shape index (κ1) is 22.4. The zero-order valence-electron chi connectivity index (χ0n) is 17.5. The number of rotatable bonds is 11. The average Bonchev–Trinajstić information content (AvgIpc) is 2.77. The molecule has 0 saturated carbocycles. The van der Waals surface area contributed by atoms with Crippen LogP contribution in [0.1, 0.15) is 56.1 Å². The van der Waals surface area contributed by atoms with Crippen LogP contribution in [0.3, 0.4) is 0 Å². The molecular formula is C26H30F2O2. The maximum absolute atomic E-state index is 15.3. The fourth-order valence-electron chi connectivity index (χ4n) is 3.53. The van der Waals surface area contributed by atoms with Gasteiger partial charge in [0.05, 0.1) is 13.2 Å². The zero-order chi connectivity index (χ0) is 21.2. The van der Waals surface area contributed by atoms with E-state index in [0.717, 1.165) is 24.8 Å². The molecule has 0 saturated heterocycles. The molecule has 2 atom stereocenters. The number of allylic oxidation sites excluding steroid dienone is 2. The maximum Gasteiger partial charge on any atom is 0.242 e. The first-order valence-electron chi connectivity index (χ1n) is 10.8. The van der Waals surface area contributed by atoms with Crippen LogP contribution in [0.5, 0.6) is 0 Å². The van der Waals surface area contributed by atoms with Gasteiger partial charge in [-0.2, -0.15) is 0 Å². The van der Waals surface area contributed by atoms with Gasteiger partial charge in [-0.25, -0.2) is 8.78 Å². The van der Waals surface area contributed by atoms with E-state index in [1.165, 1.54) is 31.1 Å². The number of hydrogen-bond acceptors (Lipinski definition) is 2. The molecule has 4 heteroatoms. The lowest BCUT2D eigenvalue weighted by Gasteiger charge is -2.33. The van der Waals surface area contributed by atoms with Crippen molar-refractivity contribution in [2.45, 2.75) is 57.3 Å². The summed E-state index contributed by atoms with van der Waals surface area (Å²) in [7, 11) is 0. The lowest BCUT2D eigenvalue weighted by atomic mass is 9.92. The summed E-state index contributed by atoms with van der Waals surface area (Å²) < 4.78 is 40.9. The molecule has 2 unspecified atom stereocenters. The van der Waals surface area contributed by atoms with Crippen LogP contribution >= 0.6 is 0 Å². The number of hydrogen-bond donors (Lipinski definition) is 0. The second kappa shape index (κ2) is 11.2. The maximum atomic E-state index is 15.3. The van der Waals surface area contributed by atoms with Crippen LogP contribution in [0.25, 0.3) is 0 Å². The van der Waals surface area contributed by atoms with E-state index in [4.69, 9.17) is 9.47 Å². The second-order valence-corrected chi connectivity index (χ2v) is 7.66. The molecule has 0 bridgehead atoms. The van der Waals surface area contributed by atoms with Crippen molar-refractivity contribution in [2.24, 2.45) is 0 Å². The Morgan fingerprint density at radius 2 is 1.70 bits per heavy atom. The fourth-order valence-corrected chi connectivity index (χ4v) is 3.53. The summed E-state index contributed by atoms with van der Waals surface area (Å²) in [5, 5.41) is 0. The van der Waals surface area contributed by atoms with Crippen molar-refractivity contribution < 1.29 is 18.3 Å². The average molecular weight is 413 g/mol. The number of benzene rings is 2. The quantitative estimate of drug-likeness (QED) is 0.220. The number of halogens is 2. The highest BCUT2D eigenvalue weighted by Gasteiger charge is 2.38. The molecule has 30 heavy (non-hydrogen) atoms. The summed E-state index contributed by atoms with van der Waals surface area (Å²) in [5.41, 5.74) is 1.63. The molecule has 3 rings (SSSR count). The molecule has 2 aromatic rings.